The first kappa shape index (κ1) is 14.2. The molecule has 0 bridgehead atoms. The van der Waals surface area contributed by atoms with Gasteiger partial charge < -0.3 is 10.3 Å². The highest BCUT2D eigenvalue weighted by Gasteiger charge is 2.14. The van der Waals surface area contributed by atoms with Gasteiger partial charge in [-0.1, -0.05) is 30.3 Å². The summed E-state index contributed by atoms with van der Waals surface area (Å²) in [5.74, 6) is 3.51. The van der Waals surface area contributed by atoms with Crippen molar-refractivity contribution < 1.29 is 8.78 Å². The number of hydrogen-bond donors (Lipinski definition) is 2. The Labute approximate surface area is 116 Å². The minimum absolute atomic E-state index is 0.0651. The summed E-state index contributed by atoms with van der Waals surface area (Å²) in [5, 5.41) is 0. The van der Waals surface area contributed by atoms with Gasteiger partial charge in [0.2, 0.25) is 0 Å². The molecule has 0 spiro atoms. The first-order chi connectivity index (χ1) is 9.61. The van der Waals surface area contributed by atoms with E-state index in [1.807, 2.05) is 30.3 Å². The third kappa shape index (κ3) is 3.21. The quantitative estimate of drug-likeness (QED) is 0.651. The minimum atomic E-state index is -0.815. The van der Waals surface area contributed by atoms with Gasteiger partial charge in [-0.2, -0.15) is 0 Å². The predicted molar refractivity (Wildman–Crippen MR) is 75.4 cm³/mol. The zero-order chi connectivity index (χ0) is 14.5. The fraction of sp³-hybridized carbons (Fsp3) is 0.214. The number of nitrogens with zero attached hydrogens (tertiary/aromatic N) is 2. The molecule has 0 saturated heterocycles. The van der Waals surface area contributed by atoms with Gasteiger partial charge in [0.05, 0.1) is 0 Å². The number of pyridine rings is 1. The molecule has 1 heterocycles. The lowest BCUT2D eigenvalue weighted by atomic mass is 10.1. The molecule has 1 aromatic carbocycles. The maximum atomic E-state index is 13.7. The summed E-state index contributed by atoms with van der Waals surface area (Å²) in [6, 6.07) is 10.6. The molecule has 0 unspecified atom stereocenters. The fourth-order valence-corrected chi connectivity index (χ4v) is 1.87. The zero-order valence-corrected chi connectivity index (χ0v) is 11.1. The topological polar surface area (TPSA) is 54.2 Å². The second kappa shape index (κ2) is 6.29. The third-order valence-corrected chi connectivity index (χ3v) is 2.99. The van der Waals surface area contributed by atoms with Crippen LogP contribution >= 0.6 is 0 Å². The van der Waals surface area contributed by atoms with Gasteiger partial charge in [0.1, 0.15) is 0 Å². The van der Waals surface area contributed by atoms with E-state index < -0.39 is 11.6 Å². The highest BCUT2D eigenvalue weighted by Crippen LogP contribution is 2.21. The molecular weight excluding hydrogens is 262 g/mol. The normalized spacial score (nSPS) is 10.4. The molecule has 0 fully saturated rings. The molecule has 3 N–H and O–H groups in total. The molecule has 4 nitrogen and oxygen atoms in total. The molecule has 0 aliphatic carbocycles. The summed E-state index contributed by atoms with van der Waals surface area (Å²) in [6.45, 7) is 0.559. The van der Waals surface area contributed by atoms with Crippen LogP contribution in [0, 0.1) is 11.6 Å². The summed E-state index contributed by atoms with van der Waals surface area (Å²) in [4.78, 5) is 5.47. The average Bonchev–Trinajstić information content (AvgIpc) is 2.46. The molecule has 106 valence electrons. The van der Waals surface area contributed by atoms with Gasteiger partial charge in [0.15, 0.2) is 23.3 Å². The Kier molecular flexibility index (Phi) is 4.47. The molecule has 0 amide bonds. The SMILES string of the molecule is CN(CCc1ccccc1)c1nc(NN)c(F)cc1F. The summed E-state index contributed by atoms with van der Waals surface area (Å²) in [7, 11) is 1.70. The molecule has 0 saturated carbocycles. The van der Waals surface area contributed by atoms with Gasteiger partial charge in [0, 0.05) is 19.7 Å². The van der Waals surface area contributed by atoms with Crippen LogP contribution in [0.3, 0.4) is 0 Å². The van der Waals surface area contributed by atoms with Crippen LogP contribution in [0.25, 0.3) is 0 Å². The van der Waals surface area contributed by atoms with Crippen LogP contribution in [0.15, 0.2) is 36.4 Å². The maximum absolute atomic E-state index is 13.7. The number of hydrogen-bond acceptors (Lipinski definition) is 4. The van der Waals surface area contributed by atoms with Crippen LogP contribution in [0.1, 0.15) is 5.56 Å². The molecule has 0 atom stereocenters. The van der Waals surface area contributed by atoms with Gasteiger partial charge >= 0.3 is 0 Å². The lowest BCUT2D eigenvalue weighted by Gasteiger charge is -2.19. The minimum Gasteiger partial charge on any atom is -0.357 e. The molecule has 0 radical (unpaired) electrons. The van der Waals surface area contributed by atoms with E-state index in [-0.39, 0.29) is 11.6 Å². The molecule has 0 aliphatic rings. The second-order valence-electron chi connectivity index (χ2n) is 4.43. The van der Waals surface area contributed by atoms with Crippen LogP contribution in [0.5, 0.6) is 0 Å². The van der Waals surface area contributed by atoms with E-state index in [0.29, 0.717) is 6.54 Å². The van der Waals surface area contributed by atoms with Crippen molar-refractivity contribution in [3.8, 4) is 0 Å². The largest absolute Gasteiger partial charge is 0.357 e. The van der Waals surface area contributed by atoms with Gasteiger partial charge in [0.25, 0.3) is 0 Å². The van der Waals surface area contributed by atoms with Crippen molar-refractivity contribution in [1.29, 1.82) is 0 Å². The lowest BCUT2D eigenvalue weighted by molar-refractivity contribution is 0.572. The van der Waals surface area contributed by atoms with Crippen LogP contribution in [-0.4, -0.2) is 18.6 Å². The van der Waals surface area contributed by atoms with Crippen molar-refractivity contribution in [2.24, 2.45) is 5.84 Å². The summed E-state index contributed by atoms with van der Waals surface area (Å²) < 4.78 is 27.0. The average molecular weight is 278 g/mol. The molecule has 2 rings (SSSR count). The van der Waals surface area contributed by atoms with Crippen LogP contribution in [0.2, 0.25) is 0 Å². The lowest BCUT2D eigenvalue weighted by Crippen LogP contribution is -2.24. The van der Waals surface area contributed by atoms with Gasteiger partial charge in [-0.3, -0.25) is 0 Å². The smallest absolute Gasteiger partial charge is 0.178 e. The number of nitrogen functional groups attached to an aromatic ring is 1. The zero-order valence-electron chi connectivity index (χ0n) is 11.1. The number of nitrogens with one attached hydrogen (secondary N) is 1. The van der Waals surface area contributed by atoms with E-state index in [1.54, 1.807) is 11.9 Å². The molecule has 0 aliphatic heterocycles. The van der Waals surface area contributed by atoms with Gasteiger partial charge in [-0.05, 0) is 12.0 Å². The molecule has 6 heteroatoms. The molecule has 2 aromatic rings. The molecular formula is C14H16F2N4. The van der Waals surface area contributed by atoms with E-state index in [4.69, 9.17) is 5.84 Å². The predicted octanol–water partition coefficient (Wildman–Crippen LogP) is 2.32. The standard InChI is InChI=1S/C14H16F2N4/c1-20(8-7-10-5-3-2-4-6-10)14-12(16)9-11(15)13(18-14)19-17/h2-6,9H,7-8,17H2,1H3,(H,18,19). The summed E-state index contributed by atoms with van der Waals surface area (Å²) in [5.41, 5.74) is 3.25. The number of halogens is 2. The molecule has 20 heavy (non-hydrogen) atoms. The van der Waals surface area contributed by atoms with Crippen LogP contribution in [0.4, 0.5) is 20.4 Å². The van der Waals surface area contributed by atoms with Crippen molar-refractivity contribution in [1.82, 2.24) is 4.98 Å². The van der Waals surface area contributed by atoms with Crippen LogP contribution < -0.4 is 16.2 Å². The number of hydrazine groups is 1. The summed E-state index contributed by atoms with van der Waals surface area (Å²) >= 11 is 0. The highest BCUT2D eigenvalue weighted by atomic mass is 19.1. The van der Waals surface area contributed by atoms with E-state index in [1.165, 1.54) is 0 Å². The Hall–Kier alpha value is -2.21. The Morgan fingerprint density at radius 3 is 2.55 bits per heavy atom. The molecule has 1 aromatic heterocycles. The number of nitrogens with two attached hydrogens (primary N) is 1. The Morgan fingerprint density at radius 1 is 1.20 bits per heavy atom. The van der Waals surface area contributed by atoms with Crippen LogP contribution in [-0.2, 0) is 6.42 Å². The summed E-state index contributed by atoms with van der Waals surface area (Å²) in [6.07, 6.45) is 0.737. The number of likely N-dealkylation sites (N-methyl/N-ethyl adjacent to an activating group) is 1. The van der Waals surface area contributed by atoms with E-state index in [0.717, 1.165) is 18.1 Å². The second-order valence-corrected chi connectivity index (χ2v) is 4.43. The highest BCUT2D eigenvalue weighted by molar-refractivity contribution is 5.48. The Bertz CT molecular complexity index is 575. The number of anilines is 2. The fourth-order valence-electron chi connectivity index (χ4n) is 1.87. The van der Waals surface area contributed by atoms with E-state index >= 15 is 0 Å². The number of rotatable bonds is 5. The van der Waals surface area contributed by atoms with Crippen molar-refractivity contribution >= 4 is 11.6 Å². The van der Waals surface area contributed by atoms with E-state index in [2.05, 4.69) is 10.4 Å². The maximum Gasteiger partial charge on any atom is 0.178 e. The number of aromatic nitrogens is 1. The monoisotopic (exact) mass is 278 g/mol. The first-order valence-corrected chi connectivity index (χ1v) is 6.19. The van der Waals surface area contributed by atoms with Gasteiger partial charge in [-0.25, -0.2) is 19.6 Å². The first-order valence-electron chi connectivity index (χ1n) is 6.19. The van der Waals surface area contributed by atoms with Crippen molar-refractivity contribution in [3.63, 3.8) is 0 Å². The van der Waals surface area contributed by atoms with Crippen molar-refractivity contribution in [2.75, 3.05) is 23.9 Å². The van der Waals surface area contributed by atoms with Crippen molar-refractivity contribution in [2.45, 2.75) is 6.42 Å². The van der Waals surface area contributed by atoms with Crippen molar-refractivity contribution in [3.05, 3.63) is 53.6 Å². The number of benzene rings is 1. The Morgan fingerprint density at radius 2 is 1.90 bits per heavy atom. The Balaban J connectivity index is 2.11. The van der Waals surface area contributed by atoms with Gasteiger partial charge in [-0.15, -0.1) is 0 Å². The third-order valence-electron chi connectivity index (χ3n) is 2.99. The van der Waals surface area contributed by atoms with E-state index in [9.17, 15) is 8.78 Å².